The largest absolute Gasteiger partial charge is 0.489 e. The van der Waals surface area contributed by atoms with Crippen LogP contribution in [0.2, 0.25) is 5.02 Å². The van der Waals surface area contributed by atoms with Gasteiger partial charge >= 0.3 is 0 Å². The third-order valence-electron chi connectivity index (χ3n) is 3.45. The average molecular weight is 274 g/mol. The average Bonchev–Trinajstić information content (AvgIpc) is 3.14. The molecule has 2 aromatic carbocycles. The monoisotopic (exact) mass is 273 g/mol. The van der Waals surface area contributed by atoms with Gasteiger partial charge in [-0.15, -0.1) is 0 Å². The van der Waals surface area contributed by atoms with Gasteiger partial charge in [0, 0.05) is 17.0 Å². The van der Waals surface area contributed by atoms with Gasteiger partial charge in [0.05, 0.1) is 0 Å². The summed E-state index contributed by atoms with van der Waals surface area (Å²) in [6, 6.07) is 16.2. The maximum Gasteiger partial charge on any atom is 0.124 e. The Bertz CT molecular complexity index is 570. The third kappa shape index (κ3) is 2.91. The summed E-state index contributed by atoms with van der Waals surface area (Å²) >= 11 is 6.05. The zero-order chi connectivity index (χ0) is 13.2. The molecule has 2 N–H and O–H groups in total. The molecule has 0 saturated heterocycles. The summed E-state index contributed by atoms with van der Waals surface area (Å²) in [5, 5.41) is 0.695. The molecule has 0 radical (unpaired) electrons. The quantitative estimate of drug-likeness (QED) is 0.921. The number of benzene rings is 2. The van der Waals surface area contributed by atoms with Crippen LogP contribution in [0.15, 0.2) is 48.5 Å². The van der Waals surface area contributed by atoms with Gasteiger partial charge in [-0.25, -0.2) is 0 Å². The molecule has 3 rings (SSSR count). The highest BCUT2D eigenvalue weighted by Crippen LogP contribution is 2.44. The Morgan fingerprint density at radius 2 is 1.89 bits per heavy atom. The second kappa shape index (κ2) is 5.24. The third-order valence-corrected chi connectivity index (χ3v) is 3.69. The molecule has 1 aliphatic rings. The van der Waals surface area contributed by atoms with Gasteiger partial charge in [0.2, 0.25) is 0 Å². The van der Waals surface area contributed by atoms with Crippen molar-refractivity contribution in [1.29, 1.82) is 0 Å². The molecule has 1 aliphatic carbocycles. The lowest BCUT2D eigenvalue weighted by molar-refractivity contribution is 0.303. The van der Waals surface area contributed by atoms with Gasteiger partial charge in [0.15, 0.2) is 0 Å². The van der Waals surface area contributed by atoms with Crippen molar-refractivity contribution in [2.24, 2.45) is 5.73 Å². The smallest absolute Gasteiger partial charge is 0.124 e. The van der Waals surface area contributed by atoms with E-state index in [4.69, 9.17) is 22.1 Å². The van der Waals surface area contributed by atoms with Gasteiger partial charge in [-0.2, -0.15) is 0 Å². The maximum atomic E-state index is 6.05. The molecule has 0 aliphatic heterocycles. The molecule has 0 unspecified atom stereocenters. The van der Waals surface area contributed by atoms with Crippen LogP contribution in [0.25, 0.3) is 0 Å². The summed E-state index contributed by atoms with van der Waals surface area (Å²) in [5.74, 6) is 1.28. The Hall–Kier alpha value is -1.51. The summed E-state index contributed by atoms with van der Waals surface area (Å²) < 4.78 is 5.91. The highest BCUT2D eigenvalue weighted by molar-refractivity contribution is 6.30. The van der Waals surface area contributed by atoms with Crippen molar-refractivity contribution in [2.45, 2.75) is 25.0 Å². The Morgan fingerprint density at radius 3 is 2.58 bits per heavy atom. The molecule has 1 saturated carbocycles. The van der Waals surface area contributed by atoms with Crippen molar-refractivity contribution >= 4 is 11.6 Å². The summed E-state index contributed by atoms with van der Waals surface area (Å²) in [5.41, 5.74) is 8.24. The summed E-state index contributed by atoms with van der Waals surface area (Å²) in [6.07, 6.45) is 1.03. The Balaban J connectivity index is 1.78. The van der Waals surface area contributed by atoms with Gasteiger partial charge in [0.1, 0.15) is 12.4 Å². The molecule has 0 aromatic heterocycles. The number of rotatable bonds is 4. The van der Waals surface area contributed by atoms with Crippen molar-refractivity contribution in [2.75, 3.05) is 0 Å². The second-order valence-electron chi connectivity index (χ2n) is 4.96. The van der Waals surface area contributed by atoms with Gasteiger partial charge < -0.3 is 10.5 Å². The maximum absolute atomic E-state index is 6.05. The molecule has 0 spiro atoms. The van der Waals surface area contributed by atoms with Crippen molar-refractivity contribution in [3.63, 3.8) is 0 Å². The van der Waals surface area contributed by atoms with Crippen LogP contribution in [-0.4, -0.2) is 6.04 Å². The molecule has 3 heteroatoms. The van der Waals surface area contributed by atoms with Crippen LogP contribution in [0.3, 0.4) is 0 Å². The van der Waals surface area contributed by atoms with E-state index in [1.54, 1.807) is 0 Å². The zero-order valence-corrected chi connectivity index (χ0v) is 11.3. The minimum absolute atomic E-state index is 0.264. The molecule has 0 amide bonds. The topological polar surface area (TPSA) is 35.2 Å². The molecule has 2 nitrogen and oxygen atoms in total. The number of hydrogen-bond acceptors (Lipinski definition) is 2. The normalized spacial score (nSPS) is 21.2. The van der Waals surface area contributed by atoms with Crippen molar-refractivity contribution in [3.05, 3.63) is 64.7 Å². The fraction of sp³-hybridized carbons (Fsp3) is 0.250. The summed E-state index contributed by atoms with van der Waals surface area (Å²) in [4.78, 5) is 0. The Kier molecular flexibility index (Phi) is 3.45. The lowest BCUT2D eigenvalue weighted by Crippen LogP contribution is -2.03. The van der Waals surface area contributed by atoms with Crippen LogP contribution in [0.1, 0.15) is 23.5 Å². The van der Waals surface area contributed by atoms with Crippen molar-refractivity contribution in [1.82, 2.24) is 0 Å². The van der Waals surface area contributed by atoms with Gasteiger partial charge in [-0.05, 0) is 29.7 Å². The molecular formula is C16H16ClNO. The highest BCUT2D eigenvalue weighted by Gasteiger charge is 2.36. The number of halogens is 1. The first-order valence-corrected chi connectivity index (χ1v) is 6.83. The standard InChI is InChI=1S/C16H16ClNO/c17-12-6-7-13(14-9-15(14)18)16(8-12)19-10-11-4-2-1-3-5-11/h1-8,14-15H,9-10,18H2/t14-,15+/m0/s1. The van der Waals surface area contributed by atoms with Gasteiger partial charge in [0.25, 0.3) is 0 Å². The van der Waals surface area contributed by atoms with Crippen molar-refractivity contribution < 1.29 is 4.74 Å². The highest BCUT2D eigenvalue weighted by atomic mass is 35.5. The van der Waals surface area contributed by atoms with Crippen molar-refractivity contribution in [3.8, 4) is 5.75 Å². The number of hydrogen-bond donors (Lipinski definition) is 1. The first-order chi connectivity index (χ1) is 9.24. The molecule has 1 fully saturated rings. The van der Waals surface area contributed by atoms with E-state index in [0.29, 0.717) is 17.5 Å². The fourth-order valence-electron chi connectivity index (χ4n) is 2.25. The van der Waals surface area contributed by atoms with Crippen LogP contribution in [0.5, 0.6) is 5.75 Å². The van der Waals surface area contributed by atoms with Crippen LogP contribution >= 0.6 is 11.6 Å². The second-order valence-corrected chi connectivity index (χ2v) is 5.40. The predicted molar refractivity (Wildman–Crippen MR) is 77.6 cm³/mol. The van der Waals surface area contributed by atoms with E-state index in [1.807, 2.05) is 48.5 Å². The zero-order valence-electron chi connectivity index (χ0n) is 10.6. The summed E-state index contributed by atoms with van der Waals surface area (Å²) in [7, 11) is 0. The van der Waals surface area contributed by atoms with Crippen LogP contribution in [0, 0.1) is 0 Å². The lowest BCUT2D eigenvalue weighted by Gasteiger charge is -2.12. The summed E-state index contributed by atoms with van der Waals surface area (Å²) in [6.45, 7) is 0.552. The van der Waals surface area contributed by atoms with E-state index in [-0.39, 0.29) is 6.04 Å². The van der Waals surface area contributed by atoms with E-state index >= 15 is 0 Å². The molecule has 98 valence electrons. The molecule has 0 heterocycles. The first kappa shape index (κ1) is 12.5. The number of nitrogens with two attached hydrogens (primary N) is 1. The number of ether oxygens (including phenoxy) is 1. The van der Waals surface area contributed by atoms with Crippen LogP contribution in [0.4, 0.5) is 0 Å². The van der Waals surface area contributed by atoms with E-state index < -0.39 is 0 Å². The first-order valence-electron chi connectivity index (χ1n) is 6.46. The fourth-order valence-corrected chi connectivity index (χ4v) is 2.41. The van der Waals surface area contributed by atoms with E-state index in [2.05, 4.69) is 0 Å². The Labute approximate surface area is 118 Å². The molecule has 0 bridgehead atoms. The molecule has 19 heavy (non-hydrogen) atoms. The predicted octanol–water partition coefficient (Wildman–Crippen LogP) is 3.73. The van der Waals surface area contributed by atoms with Gasteiger partial charge in [-0.3, -0.25) is 0 Å². The van der Waals surface area contributed by atoms with Crippen LogP contribution < -0.4 is 10.5 Å². The van der Waals surface area contributed by atoms with Gasteiger partial charge in [-0.1, -0.05) is 48.0 Å². The van der Waals surface area contributed by atoms with E-state index in [1.165, 1.54) is 5.56 Å². The van der Waals surface area contributed by atoms with E-state index in [9.17, 15) is 0 Å². The molecular weight excluding hydrogens is 258 g/mol. The lowest BCUT2D eigenvalue weighted by atomic mass is 10.1. The molecule has 2 atom stereocenters. The van der Waals surface area contributed by atoms with Crippen LogP contribution in [-0.2, 0) is 6.61 Å². The minimum atomic E-state index is 0.264. The minimum Gasteiger partial charge on any atom is -0.489 e. The molecule has 2 aromatic rings. The Morgan fingerprint density at radius 1 is 1.16 bits per heavy atom. The SMILES string of the molecule is N[C@@H]1C[C@H]1c1ccc(Cl)cc1OCc1ccccc1. The van der Waals surface area contributed by atoms with E-state index in [0.717, 1.165) is 17.7 Å².